The van der Waals surface area contributed by atoms with Crippen LogP contribution in [0.5, 0.6) is 0 Å². The maximum absolute atomic E-state index is 13.3. The van der Waals surface area contributed by atoms with Crippen LogP contribution in [0.2, 0.25) is 0 Å². The van der Waals surface area contributed by atoms with E-state index in [4.69, 9.17) is 10.00 Å². The molecule has 37 heavy (non-hydrogen) atoms. The number of unbranched alkanes of at least 4 members (excludes halogenated alkanes) is 1. The number of carboxylic acids is 1. The Kier molecular flexibility index (Phi) is 9.89. The number of carbonyl (C=O) groups excluding carboxylic acids is 3. The standard InChI is InChI=1S/C27H30N4O6/c28-18-19-9-11-21(12-10-19)25(34)31-27(26(35)36,37-22-13-16-29-17-14-22)23(32)8-4-5-15-30-24(33)20-6-2-1-3-7-20/h1-3,6-7,9-12,22,29H,4-5,8,13-17H2,(H,30,33)(H,31,34)(H,35,36). The molecule has 2 aromatic carbocycles. The minimum atomic E-state index is -2.56. The van der Waals surface area contributed by atoms with Crippen molar-refractivity contribution >= 4 is 23.6 Å². The van der Waals surface area contributed by atoms with Gasteiger partial charge in [-0.2, -0.15) is 5.26 Å². The molecule has 2 amide bonds. The van der Waals surface area contributed by atoms with Gasteiger partial charge >= 0.3 is 11.7 Å². The first kappa shape index (κ1) is 27.5. The third kappa shape index (κ3) is 7.46. The highest BCUT2D eigenvalue weighted by molar-refractivity contribution is 6.10. The second-order valence-corrected chi connectivity index (χ2v) is 8.70. The van der Waals surface area contributed by atoms with E-state index in [1.165, 1.54) is 24.3 Å². The molecule has 10 nitrogen and oxygen atoms in total. The number of hydrogen-bond acceptors (Lipinski definition) is 7. The fourth-order valence-corrected chi connectivity index (χ4v) is 3.96. The summed E-state index contributed by atoms with van der Waals surface area (Å²) in [5.74, 6) is -3.43. The van der Waals surface area contributed by atoms with Crippen molar-refractivity contribution in [1.29, 1.82) is 5.26 Å². The zero-order chi connectivity index (χ0) is 26.7. The number of amides is 2. The molecule has 1 saturated heterocycles. The summed E-state index contributed by atoms with van der Waals surface area (Å²) in [5, 5.41) is 27.3. The van der Waals surface area contributed by atoms with Crippen LogP contribution in [0.3, 0.4) is 0 Å². The first-order valence-electron chi connectivity index (χ1n) is 12.2. The predicted molar refractivity (Wildman–Crippen MR) is 134 cm³/mol. The number of Topliss-reactive ketones (excluding diaryl/α,β-unsaturated/α-hetero) is 1. The van der Waals surface area contributed by atoms with E-state index < -0.39 is 29.5 Å². The third-order valence-corrected chi connectivity index (χ3v) is 6.04. The number of carboxylic acid groups (broad SMARTS) is 1. The topological polar surface area (TPSA) is 158 Å². The second-order valence-electron chi connectivity index (χ2n) is 8.70. The molecule has 4 N–H and O–H groups in total. The van der Waals surface area contributed by atoms with Gasteiger partial charge in [0, 0.05) is 24.1 Å². The Balaban J connectivity index is 1.67. The molecule has 0 aliphatic carbocycles. The van der Waals surface area contributed by atoms with Crippen LogP contribution in [0, 0.1) is 11.3 Å². The SMILES string of the molecule is N#Cc1ccc(C(=O)NC(OC2CCNCC2)(C(=O)O)C(=O)CCCCNC(=O)c2ccccc2)cc1. The van der Waals surface area contributed by atoms with E-state index in [0.29, 0.717) is 50.0 Å². The fourth-order valence-electron chi connectivity index (χ4n) is 3.96. The Bertz CT molecular complexity index is 1140. The zero-order valence-corrected chi connectivity index (χ0v) is 20.4. The molecule has 1 fully saturated rings. The molecule has 0 bridgehead atoms. The monoisotopic (exact) mass is 506 g/mol. The first-order valence-corrected chi connectivity index (χ1v) is 12.2. The number of rotatable bonds is 12. The maximum Gasteiger partial charge on any atom is 0.365 e. The summed E-state index contributed by atoms with van der Waals surface area (Å²) in [6, 6.07) is 16.3. The quantitative estimate of drug-likeness (QED) is 0.193. The van der Waals surface area contributed by atoms with Crippen molar-refractivity contribution in [2.75, 3.05) is 19.6 Å². The highest BCUT2D eigenvalue weighted by Crippen LogP contribution is 2.22. The summed E-state index contributed by atoms with van der Waals surface area (Å²) in [7, 11) is 0. The second kappa shape index (κ2) is 13.3. The van der Waals surface area contributed by atoms with Gasteiger partial charge in [0.05, 0.1) is 17.7 Å². The average Bonchev–Trinajstić information content (AvgIpc) is 2.93. The van der Waals surface area contributed by atoms with Crippen molar-refractivity contribution < 1.29 is 29.0 Å². The van der Waals surface area contributed by atoms with Gasteiger partial charge < -0.3 is 25.8 Å². The number of nitriles is 1. The van der Waals surface area contributed by atoms with Crippen molar-refractivity contribution in [2.24, 2.45) is 0 Å². The van der Waals surface area contributed by atoms with Gasteiger partial charge in [-0.05, 0) is 75.2 Å². The summed E-state index contributed by atoms with van der Waals surface area (Å²) in [4.78, 5) is 50.9. The molecule has 1 aliphatic heterocycles. The number of piperidine rings is 1. The van der Waals surface area contributed by atoms with E-state index >= 15 is 0 Å². The number of hydrogen-bond donors (Lipinski definition) is 4. The normalized spacial score (nSPS) is 15.1. The van der Waals surface area contributed by atoms with E-state index in [1.54, 1.807) is 24.3 Å². The summed E-state index contributed by atoms with van der Waals surface area (Å²) in [6.07, 6.45) is 0.975. The molecule has 0 aromatic heterocycles. The summed E-state index contributed by atoms with van der Waals surface area (Å²) < 4.78 is 5.85. The van der Waals surface area contributed by atoms with E-state index in [0.717, 1.165) is 0 Å². The number of ether oxygens (including phenoxy) is 1. The van der Waals surface area contributed by atoms with Gasteiger partial charge in [-0.25, -0.2) is 4.79 Å². The van der Waals surface area contributed by atoms with E-state index in [-0.39, 0.29) is 24.3 Å². The highest BCUT2D eigenvalue weighted by atomic mass is 16.6. The number of aliphatic carboxylic acids is 1. The summed E-state index contributed by atoms with van der Waals surface area (Å²) in [5.41, 5.74) is -1.61. The van der Waals surface area contributed by atoms with Crippen LogP contribution in [0.1, 0.15) is 58.4 Å². The lowest BCUT2D eigenvalue weighted by Crippen LogP contribution is -2.63. The van der Waals surface area contributed by atoms with Crippen LogP contribution in [0.4, 0.5) is 0 Å². The largest absolute Gasteiger partial charge is 0.477 e. The number of ketones is 1. The van der Waals surface area contributed by atoms with Crippen LogP contribution in [0.25, 0.3) is 0 Å². The predicted octanol–water partition coefficient (Wildman–Crippen LogP) is 2.01. The van der Waals surface area contributed by atoms with E-state index in [2.05, 4.69) is 16.0 Å². The molecule has 1 aliphatic rings. The van der Waals surface area contributed by atoms with Crippen LogP contribution < -0.4 is 16.0 Å². The zero-order valence-electron chi connectivity index (χ0n) is 20.4. The molecule has 2 aromatic rings. The van der Waals surface area contributed by atoms with Gasteiger partial charge in [0.1, 0.15) is 0 Å². The summed E-state index contributed by atoms with van der Waals surface area (Å²) in [6.45, 7) is 1.49. The van der Waals surface area contributed by atoms with Crippen molar-refractivity contribution in [3.8, 4) is 6.07 Å². The highest BCUT2D eigenvalue weighted by Gasteiger charge is 2.50. The molecular weight excluding hydrogens is 476 g/mol. The fraction of sp³-hybridized carbons (Fsp3) is 0.370. The van der Waals surface area contributed by atoms with Gasteiger partial charge in [-0.1, -0.05) is 18.2 Å². The number of carbonyl (C=O) groups is 4. The number of nitrogens with one attached hydrogen (secondary N) is 3. The lowest BCUT2D eigenvalue weighted by molar-refractivity contribution is -0.185. The van der Waals surface area contributed by atoms with E-state index in [9.17, 15) is 24.3 Å². The Morgan fingerprint density at radius 3 is 2.24 bits per heavy atom. The number of nitrogens with zero attached hydrogens (tertiary/aromatic N) is 1. The molecule has 0 saturated carbocycles. The van der Waals surface area contributed by atoms with Crippen molar-refractivity contribution in [3.05, 3.63) is 71.3 Å². The molecule has 0 radical (unpaired) electrons. The molecule has 1 heterocycles. The van der Waals surface area contributed by atoms with Crippen molar-refractivity contribution in [3.63, 3.8) is 0 Å². The Morgan fingerprint density at radius 1 is 0.973 bits per heavy atom. The Labute approximate surface area is 215 Å². The Hall–Kier alpha value is -4.07. The molecule has 1 unspecified atom stereocenters. The first-order chi connectivity index (χ1) is 17.9. The maximum atomic E-state index is 13.3. The molecule has 10 heteroatoms. The van der Waals surface area contributed by atoms with Crippen LogP contribution in [0.15, 0.2) is 54.6 Å². The van der Waals surface area contributed by atoms with Crippen LogP contribution >= 0.6 is 0 Å². The lowest BCUT2D eigenvalue weighted by atomic mass is 10.00. The minimum absolute atomic E-state index is 0.0926. The Morgan fingerprint density at radius 2 is 1.62 bits per heavy atom. The minimum Gasteiger partial charge on any atom is -0.477 e. The average molecular weight is 507 g/mol. The van der Waals surface area contributed by atoms with Gasteiger partial charge in [-0.15, -0.1) is 0 Å². The van der Waals surface area contributed by atoms with E-state index in [1.807, 2.05) is 12.1 Å². The van der Waals surface area contributed by atoms with Gasteiger partial charge in [0.15, 0.2) is 5.78 Å². The van der Waals surface area contributed by atoms with Crippen LogP contribution in [-0.4, -0.2) is 60.1 Å². The number of benzene rings is 2. The third-order valence-electron chi connectivity index (χ3n) is 6.04. The van der Waals surface area contributed by atoms with Gasteiger partial charge in [0.2, 0.25) is 0 Å². The lowest BCUT2D eigenvalue weighted by Gasteiger charge is -2.34. The molecule has 3 rings (SSSR count). The molecule has 194 valence electrons. The van der Waals surface area contributed by atoms with Crippen LogP contribution in [-0.2, 0) is 14.3 Å². The summed E-state index contributed by atoms with van der Waals surface area (Å²) >= 11 is 0. The molecule has 0 spiro atoms. The van der Waals surface area contributed by atoms with Crippen molar-refractivity contribution in [1.82, 2.24) is 16.0 Å². The molecular formula is C27H30N4O6. The molecule has 1 atom stereocenters. The smallest absolute Gasteiger partial charge is 0.365 e. The van der Waals surface area contributed by atoms with Gasteiger partial charge in [0.25, 0.3) is 11.8 Å². The van der Waals surface area contributed by atoms with Gasteiger partial charge in [-0.3, -0.25) is 14.4 Å². The van der Waals surface area contributed by atoms with Crippen molar-refractivity contribution in [2.45, 2.75) is 43.9 Å².